The highest BCUT2D eigenvalue weighted by Gasteiger charge is 2.13. The Morgan fingerprint density at radius 1 is 1.00 bits per heavy atom. The average Bonchev–Trinajstić information content (AvgIpc) is 3.12. The highest BCUT2D eigenvalue weighted by molar-refractivity contribution is 7.17. The summed E-state index contributed by atoms with van der Waals surface area (Å²) in [6, 6.07) is 18.5. The molecule has 4 nitrogen and oxygen atoms in total. The topological polar surface area (TPSA) is 55.0 Å². The number of H-pyrrole nitrogens is 1. The molecular weight excluding hydrogens is 344 g/mol. The highest BCUT2D eigenvalue weighted by atomic mass is 32.1. The second kappa shape index (κ2) is 7.23. The van der Waals surface area contributed by atoms with Crippen molar-refractivity contribution in [3.63, 3.8) is 0 Å². The van der Waals surface area contributed by atoms with Gasteiger partial charge in [0, 0.05) is 24.5 Å². The molecule has 0 fully saturated rings. The molecule has 130 valence electrons. The van der Waals surface area contributed by atoms with Gasteiger partial charge in [-0.25, -0.2) is 4.98 Å². The molecule has 0 aliphatic rings. The van der Waals surface area contributed by atoms with Crippen molar-refractivity contribution in [2.24, 2.45) is 0 Å². The van der Waals surface area contributed by atoms with E-state index in [1.807, 2.05) is 23.6 Å². The van der Waals surface area contributed by atoms with Crippen LogP contribution in [0.4, 0.5) is 0 Å². The first kappa shape index (κ1) is 16.7. The zero-order valence-electron chi connectivity index (χ0n) is 14.4. The number of aromatic nitrogens is 2. The second-order valence-electron chi connectivity index (χ2n) is 6.03. The van der Waals surface area contributed by atoms with E-state index in [0.717, 1.165) is 21.5 Å². The maximum atomic E-state index is 12.6. The first-order chi connectivity index (χ1) is 12.8. The van der Waals surface area contributed by atoms with E-state index in [1.54, 1.807) is 7.11 Å². The Labute approximate surface area is 155 Å². The van der Waals surface area contributed by atoms with Crippen molar-refractivity contribution < 1.29 is 4.74 Å². The van der Waals surface area contributed by atoms with Gasteiger partial charge in [-0.2, -0.15) is 0 Å². The number of aromatic amines is 1. The lowest BCUT2D eigenvalue weighted by Gasteiger charge is -2.04. The van der Waals surface area contributed by atoms with Gasteiger partial charge in [-0.3, -0.25) is 4.79 Å². The fourth-order valence-corrected chi connectivity index (χ4v) is 3.96. The van der Waals surface area contributed by atoms with Crippen molar-refractivity contribution in [2.45, 2.75) is 6.42 Å². The van der Waals surface area contributed by atoms with Crippen LogP contribution in [-0.4, -0.2) is 23.7 Å². The van der Waals surface area contributed by atoms with E-state index in [4.69, 9.17) is 4.74 Å². The molecule has 2 heterocycles. The Morgan fingerprint density at radius 3 is 2.42 bits per heavy atom. The molecule has 26 heavy (non-hydrogen) atoms. The number of rotatable bonds is 5. The first-order valence-corrected chi connectivity index (χ1v) is 9.29. The second-order valence-corrected chi connectivity index (χ2v) is 6.89. The van der Waals surface area contributed by atoms with E-state index in [1.165, 1.54) is 16.9 Å². The quantitative estimate of drug-likeness (QED) is 0.568. The standard InChI is InChI=1S/C21H18N2O2S/c1-25-12-11-18-22-20(24)19-17(13-26-21(19)23-18)16-9-7-15(8-10-16)14-5-3-2-4-6-14/h2-10,13H,11-12H2,1H3,(H,22,23,24). The summed E-state index contributed by atoms with van der Waals surface area (Å²) >= 11 is 1.50. The van der Waals surface area contributed by atoms with Gasteiger partial charge in [0.2, 0.25) is 0 Å². The van der Waals surface area contributed by atoms with Gasteiger partial charge in [-0.15, -0.1) is 11.3 Å². The third-order valence-electron chi connectivity index (χ3n) is 4.34. The molecule has 0 bridgehead atoms. The minimum atomic E-state index is -0.0931. The number of ether oxygens (including phenoxy) is 1. The fraction of sp³-hybridized carbons (Fsp3) is 0.143. The number of methoxy groups -OCH3 is 1. The predicted molar refractivity (Wildman–Crippen MR) is 107 cm³/mol. The summed E-state index contributed by atoms with van der Waals surface area (Å²) in [5.74, 6) is 0.664. The molecule has 5 heteroatoms. The Kier molecular flexibility index (Phi) is 4.65. The van der Waals surface area contributed by atoms with Crippen LogP contribution in [0.5, 0.6) is 0 Å². The van der Waals surface area contributed by atoms with Crippen LogP contribution in [0.1, 0.15) is 5.82 Å². The van der Waals surface area contributed by atoms with Gasteiger partial charge >= 0.3 is 0 Å². The van der Waals surface area contributed by atoms with E-state index in [0.29, 0.717) is 24.2 Å². The summed E-state index contributed by atoms with van der Waals surface area (Å²) < 4.78 is 5.06. The number of hydrogen-bond donors (Lipinski definition) is 1. The van der Waals surface area contributed by atoms with Crippen molar-refractivity contribution >= 4 is 21.6 Å². The minimum Gasteiger partial charge on any atom is -0.384 e. The summed E-state index contributed by atoms with van der Waals surface area (Å²) in [7, 11) is 1.64. The van der Waals surface area contributed by atoms with Gasteiger partial charge in [-0.05, 0) is 16.7 Å². The first-order valence-electron chi connectivity index (χ1n) is 8.41. The van der Waals surface area contributed by atoms with E-state index in [-0.39, 0.29) is 5.56 Å². The van der Waals surface area contributed by atoms with Crippen LogP contribution in [0.3, 0.4) is 0 Å². The van der Waals surface area contributed by atoms with Crippen LogP contribution in [0.15, 0.2) is 64.8 Å². The fourth-order valence-electron chi connectivity index (χ4n) is 3.00. The maximum absolute atomic E-state index is 12.6. The molecule has 2 aromatic heterocycles. The number of fused-ring (bicyclic) bond motifs is 1. The zero-order valence-corrected chi connectivity index (χ0v) is 15.2. The molecule has 0 saturated carbocycles. The van der Waals surface area contributed by atoms with E-state index in [9.17, 15) is 4.79 Å². The van der Waals surface area contributed by atoms with Gasteiger partial charge < -0.3 is 9.72 Å². The van der Waals surface area contributed by atoms with Gasteiger partial charge in [0.1, 0.15) is 10.7 Å². The molecule has 0 unspecified atom stereocenters. The van der Waals surface area contributed by atoms with Crippen LogP contribution in [0.2, 0.25) is 0 Å². The molecule has 0 atom stereocenters. The van der Waals surface area contributed by atoms with E-state index in [2.05, 4.69) is 46.4 Å². The van der Waals surface area contributed by atoms with Crippen LogP contribution in [0.25, 0.3) is 32.5 Å². The molecule has 0 radical (unpaired) electrons. The summed E-state index contributed by atoms with van der Waals surface area (Å²) in [5.41, 5.74) is 4.19. The Bertz CT molecular complexity index is 1080. The number of hydrogen-bond acceptors (Lipinski definition) is 4. The van der Waals surface area contributed by atoms with E-state index < -0.39 is 0 Å². The molecule has 4 aromatic rings. The number of benzene rings is 2. The molecular formula is C21H18N2O2S. The van der Waals surface area contributed by atoms with Crippen molar-refractivity contribution in [1.29, 1.82) is 0 Å². The molecule has 0 aliphatic heterocycles. The van der Waals surface area contributed by atoms with Crippen LogP contribution >= 0.6 is 11.3 Å². The van der Waals surface area contributed by atoms with Crippen LogP contribution in [0, 0.1) is 0 Å². The predicted octanol–water partition coefficient (Wildman–Crippen LogP) is 4.51. The Balaban J connectivity index is 1.72. The van der Waals surface area contributed by atoms with Gasteiger partial charge in [0.25, 0.3) is 5.56 Å². The largest absolute Gasteiger partial charge is 0.384 e. The van der Waals surface area contributed by atoms with Crippen molar-refractivity contribution in [3.8, 4) is 22.3 Å². The Hall–Kier alpha value is -2.76. The van der Waals surface area contributed by atoms with Gasteiger partial charge in [0.05, 0.1) is 12.0 Å². The minimum absolute atomic E-state index is 0.0931. The van der Waals surface area contributed by atoms with Crippen molar-refractivity contribution in [3.05, 3.63) is 76.2 Å². The SMILES string of the molecule is COCCc1nc2scc(-c3ccc(-c4ccccc4)cc3)c2c(=O)[nH]1. The molecule has 0 spiro atoms. The van der Waals surface area contributed by atoms with Gasteiger partial charge in [-0.1, -0.05) is 54.6 Å². The van der Waals surface area contributed by atoms with Gasteiger partial charge in [0.15, 0.2) is 0 Å². The highest BCUT2D eigenvalue weighted by Crippen LogP contribution is 2.32. The number of nitrogens with one attached hydrogen (secondary N) is 1. The summed E-state index contributed by atoms with van der Waals surface area (Å²) in [5, 5.41) is 2.66. The molecule has 0 saturated heterocycles. The zero-order chi connectivity index (χ0) is 17.9. The monoisotopic (exact) mass is 362 g/mol. The number of thiophene rings is 1. The lowest BCUT2D eigenvalue weighted by atomic mass is 10.0. The normalized spacial score (nSPS) is 11.1. The molecule has 1 N–H and O–H groups in total. The molecule has 0 aliphatic carbocycles. The third-order valence-corrected chi connectivity index (χ3v) is 5.21. The summed E-state index contributed by atoms with van der Waals surface area (Å²) in [6.45, 7) is 0.535. The molecule has 0 amide bonds. The van der Waals surface area contributed by atoms with Crippen LogP contribution < -0.4 is 5.56 Å². The molecule has 2 aromatic carbocycles. The Morgan fingerprint density at radius 2 is 1.69 bits per heavy atom. The number of nitrogens with zero attached hydrogens (tertiary/aromatic N) is 1. The molecule has 4 rings (SSSR count). The maximum Gasteiger partial charge on any atom is 0.260 e. The summed E-state index contributed by atoms with van der Waals surface area (Å²) in [4.78, 5) is 20.8. The lowest BCUT2D eigenvalue weighted by molar-refractivity contribution is 0.200. The average molecular weight is 362 g/mol. The summed E-state index contributed by atoms with van der Waals surface area (Å²) in [6.07, 6.45) is 0.598. The van der Waals surface area contributed by atoms with E-state index >= 15 is 0 Å². The van der Waals surface area contributed by atoms with Crippen molar-refractivity contribution in [1.82, 2.24) is 9.97 Å². The lowest BCUT2D eigenvalue weighted by Crippen LogP contribution is -2.12. The van der Waals surface area contributed by atoms with Crippen LogP contribution in [-0.2, 0) is 11.2 Å². The third kappa shape index (κ3) is 3.19. The van der Waals surface area contributed by atoms with Crippen molar-refractivity contribution in [2.75, 3.05) is 13.7 Å². The smallest absolute Gasteiger partial charge is 0.260 e.